The lowest BCUT2D eigenvalue weighted by molar-refractivity contribution is 0.0810. The van der Waals surface area contributed by atoms with Crippen LogP contribution in [0.4, 0.5) is 5.69 Å². The molecule has 1 saturated heterocycles. The molecule has 3 aromatic carbocycles. The Morgan fingerprint density at radius 1 is 0.821 bits per heavy atom. The number of nitrogens with zero attached hydrogens (tertiary/aromatic N) is 2. The summed E-state index contributed by atoms with van der Waals surface area (Å²) in [5.41, 5.74) is 4.16. The van der Waals surface area contributed by atoms with E-state index in [-0.39, 0.29) is 12.1 Å². The van der Waals surface area contributed by atoms with Crippen LogP contribution in [-0.4, -0.2) is 4.98 Å². The molecule has 1 aliphatic rings. The molecule has 3 nitrogen and oxygen atoms in total. The molecule has 0 aliphatic carbocycles. The quantitative estimate of drug-likeness (QED) is 0.401. The second kappa shape index (κ2) is 7.27. The first kappa shape index (κ1) is 17.2. The van der Waals surface area contributed by atoms with Gasteiger partial charge in [0.15, 0.2) is 0 Å². The van der Waals surface area contributed by atoms with Crippen LogP contribution in [0.25, 0.3) is 10.9 Å². The van der Waals surface area contributed by atoms with Crippen LogP contribution >= 0.6 is 11.6 Å². The second-order valence-electron chi connectivity index (χ2n) is 6.99. The van der Waals surface area contributed by atoms with Crippen LogP contribution in [0.5, 0.6) is 0 Å². The monoisotopic (exact) mass is 386 g/mol. The fraction of sp³-hybridized carbons (Fsp3) is 0.125. The standard InChI is InChI=1S/C24H19ClN2O/c25-19-11-13-20(14-12-19)27-23(18-7-2-1-3-8-18)16-24(28-27)22-15-10-17-6-4-5-9-21(17)26-22/h1-15,23-24H,16H2/t23-,24-/m0/s1. The van der Waals surface area contributed by atoms with Crippen molar-refractivity contribution in [3.63, 3.8) is 0 Å². The van der Waals surface area contributed by atoms with E-state index in [1.807, 2.05) is 53.6 Å². The van der Waals surface area contributed by atoms with E-state index in [4.69, 9.17) is 21.4 Å². The Balaban J connectivity index is 1.52. The molecule has 0 N–H and O–H groups in total. The molecule has 138 valence electrons. The zero-order chi connectivity index (χ0) is 18.9. The summed E-state index contributed by atoms with van der Waals surface area (Å²) < 4.78 is 0. The molecule has 1 fully saturated rings. The van der Waals surface area contributed by atoms with Gasteiger partial charge in [-0.25, -0.2) is 10.0 Å². The van der Waals surface area contributed by atoms with Crippen LogP contribution < -0.4 is 5.06 Å². The predicted octanol–water partition coefficient (Wildman–Crippen LogP) is 6.51. The van der Waals surface area contributed by atoms with Crippen LogP contribution in [0.15, 0.2) is 91.0 Å². The van der Waals surface area contributed by atoms with E-state index in [1.54, 1.807) is 0 Å². The number of benzene rings is 3. The molecule has 1 aliphatic heterocycles. The molecule has 4 heteroatoms. The maximum atomic E-state index is 6.42. The Bertz CT molecular complexity index is 1100. The molecule has 28 heavy (non-hydrogen) atoms. The summed E-state index contributed by atoms with van der Waals surface area (Å²) in [5, 5.41) is 3.85. The molecule has 0 radical (unpaired) electrons. The van der Waals surface area contributed by atoms with Crippen molar-refractivity contribution in [2.45, 2.75) is 18.6 Å². The van der Waals surface area contributed by atoms with Crippen LogP contribution in [0.3, 0.4) is 0 Å². The van der Waals surface area contributed by atoms with Gasteiger partial charge in [-0.05, 0) is 42.0 Å². The number of halogens is 1. The summed E-state index contributed by atoms with van der Waals surface area (Å²) in [7, 11) is 0. The first-order valence-electron chi connectivity index (χ1n) is 9.40. The first-order valence-corrected chi connectivity index (χ1v) is 9.78. The van der Waals surface area contributed by atoms with Crippen molar-refractivity contribution in [2.24, 2.45) is 0 Å². The topological polar surface area (TPSA) is 25.4 Å². The zero-order valence-electron chi connectivity index (χ0n) is 15.2. The van der Waals surface area contributed by atoms with Crippen LogP contribution in [-0.2, 0) is 4.84 Å². The van der Waals surface area contributed by atoms with Gasteiger partial charge in [-0.1, -0.05) is 66.2 Å². The highest BCUT2D eigenvalue weighted by Gasteiger charge is 2.36. The van der Waals surface area contributed by atoms with Crippen molar-refractivity contribution >= 4 is 28.2 Å². The summed E-state index contributed by atoms with van der Waals surface area (Å²) in [4.78, 5) is 11.3. The Kier molecular flexibility index (Phi) is 4.47. The fourth-order valence-corrected chi connectivity index (χ4v) is 3.89. The van der Waals surface area contributed by atoms with Crippen molar-refractivity contribution < 1.29 is 4.84 Å². The average molecular weight is 387 g/mol. The number of hydrogen-bond acceptors (Lipinski definition) is 3. The maximum absolute atomic E-state index is 6.42. The first-order chi connectivity index (χ1) is 13.8. The van der Waals surface area contributed by atoms with E-state index in [0.717, 1.165) is 28.7 Å². The van der Waals surface area contributed by atoms with Crippen LogP contribution in [0.2, 0.25) is 5.02 Å². The number of anilines is 1. The van der Waals surface area contributed by atoms with Gasteiger partial charge in [-0.15, -0.1) is 0 Å². The lowest BCUT2D eigenvalue weighted by atomic mass is 9.99. The van der Waals surface area contributed by atoms with E-state index in [2.05, 4.69) is 42.5 Å². The SMILES string of the molecule is Clc1ccc(N2O[C@H](c3ccc4ccccc4n3)C[C@H]2c2ccccc2)cc1. The number of hydroxylamine groups is 1. The Morgan fingerprint density at radius 3 is 2.39 bits per heavy atom. The average Bonchev–Trinajstić information content (AvgIpc) is 3.20. The summed E-state index contributed by atoms with van der Waals surface area (Å²) >= 11 is 6.08. The predicted molar refractivity (Wildman–Crippen MR) is 113 cm³/mol. The normalized spacial score (nSPS) is 19.2. The van der Waals surface area contributed by atoms with E-state index < -0.39 is 0 Å². The lowest BCUT2D eigenvalue weighted by Crippen LogP contribution is -2.21. The van der Waals surface area contributed by atoms with Gasteiger partial charge < -0.3 is 0 Å². The molecular weight excluding hydrogens is 368 g/mol. The van der Waals surface area contributed by atoms with Gasteiger partial charge in [-0.3, -0.25) is 4.84 Å². The number of rotatable bonds is 3. The summed E-state index contributed by atoms with van der Waals surface area (Å²) in [6, 6.07) is 30.7. The second-order valence-corrected chi connectivity index (χ2v) is 7.42. The molecule has 0 unspecified atom stereocenters. The third-order valence-electron chi connectivity index (χ3n) is 5.18. The number of hydrogen-bond donors (Lipinski definition) is 0. The highest BCUT2D eigenvalue weighted by molar-refractivity contribution is 6.30. The highest BCUT2D eigenvalue weighted by atomic mass is 35.5. The number of fused-ring (bicyclic) bond motifs is 1. The molecule has 0 bridgehead atoms. The number of pyridine rings is 1. The minimum absolute atomic E-state index is 0.106. The molecule has 5 rings (SSSR count). The van der Waals surface area contributed by atoms with Gasteiger partial charge in [0.2, 0.25) is 0 Å². The van der Waals surface area contributed by atoms with Gasteiger partial charge in [0, 0.05) is 16.8 Å². The van der Waals surface area contributed by atoms with Crippen LogP contribution in [0, 0.1) is 0 Å². The molecular formula is C24H19ClN2O. The van der Waals surface area contributed by atoms with Gasteiger partial charge in [0.05, 0.1) is 22.9 Å². The molecule has 1 aromatic heterocycles. The minimum Gasteiger partial charge on any atom is -0.263 e. The van der Waals surface area contributed by atoms with Gasteiger partial charge in [0.1, 0.15) is 6.10 Å². The Morgan fingerprint density at radius 2 is 1.57 bits per heavy atom. The smallest absolute Gasteiger partial charge is 0.130 e. The summed E-state index contributed by atoms with van der Waals surface area (Å²) in [6.45, 7) is 0. The molecule has 2 atom stereocenters. The van der Waals surface area contributed by atoms with E-state index >= 15 is 0 Å². The maximum Gasteiger partial charge on any atom is 0.130 e. The van der Waals surface area contributed by atoms with Gasteiger partial charge in [0.25, 0.3) is 0 Å². The van der Waals surface area contributed by atoms with E-state index in [0.29, 0.717) is 5.02 Å². The lowest BCUT2D eigenvalue weighted by Gasteiger charge is -2.25. The largest absolute Gasteiger partial charge is 0.263 e. The molecule has 2 heterocycles. The Labute approximate surface area is 169 Å². The molecule has 0 amide bonds. The van der Waals surface area contributed by atoms with Gasteiger partial charge >= 0.3 is 0 Å². The molecule has 0 saturated carbocycles. The number of para-hydroxylation sites is 1. The van der Waals surface area contributed by atoms with Crippen LogP contribution in [0.1, 0.15) is 29.8 Å². The zero-order valence-corrected chi connectivity index (χ0v) is 16.0. The highest BCUT2D eigenvalue weighted by Crippen LogP contribution is 2.44. The summed E-state index contributed by atoms with van der Waals surface area (Å²) in [6.07, 6.45) is 0.725. The fourth-order valence-electron chi connectivity index (χ4n) is 3.76. The van der Waals surface area contributed by atoms with E-state index in [1.165, 1.54) is 5.56 Å². The van der Waals surface area contributed by atoms with E-state index in [9.17, 15) is 0 Å². The van der Waals surface area contributed by atoms with Crippen molar-refractivity contribution in [2.75, 3.05) is 5.06 Å². The third-order valence-corrected chi connectivity index (χ3v) is 5.43. The third kappa shape index (κ3) is 3.24. The minimum atomic E-state index is -0.106. The number of aromatic nitrogens is 1. The van der Waals surface area contributed by atoms with Crippen molar-refractivity contribution in [1.82, 2.24) is 4.98 Å². The van der Waals surface area contributed by atoms with Gasteiger partial charge in [-0.2, -0.15) is 0 Å². The Hall–Kier alpha value is -2.88. The molecule has 4 aromatic rings. The van der Waals surface area contributed by atoms with Crippen molar-refractivity contribution in [3.8, 4) is 0 Å². The summed E-state index contributed by atoms with van der Waals surface area (Å²) in [5.74, 6) is 0. The van der Waals surface area contributed by atoms with Crippen molar-refractivity contribution in [1.29, 1.82) is 0 Å². The molecule has 0 spiro atoms. The van der Waals surface area contributed by atoms with Crippen molar-refractivity contribution in [3.05, 3.63) is 107 Å².